The smallest absolute Gasteiger partial charge is 0.180 e. The lowest BCUT2D eigenvalue weighted by atomic mass is 10.3. The van der Waals surface area contributed by atoms with E-state index < -0.39 is 0 Å². The number of rotatable bonds is 2. The van der Waals surface area contributed by atoms with Gasteiger partial charge in [-0.25, -0.2) is 9.97 Å². The lowest BCUT2D eigenvalue weighted by Gasteiger charge is -1.97. The van der Waals surface area contributed by atoms with E-state index in [0.29, 0.717) is 17.2 Å². The van der Waals surface area contributed by atoms with Crippen molar-refractivity contribution >= 4 is 0 Å². The van der Waals surface area contributed by atoms with Crippen LogP contribution in [-0.2, 0) is 0 Å². The molecule has 0 fully saturated rings. The quantitative estimate of drug-likeness (QED) is 0.701. The van der Waals surface area contributed by atoms with Gasteiger partial charge in [-0.2, -0.15) is 5.10 Å². The molecule has 3 radical (unpaired) electrons. The zero-order chi connectivity index (χ0) is 9.80. The molecule has 2 heterocycles. The molecule has 0 spiro atoms. The van der Waals surface area contributed by atoms with Gasteiger partial charge in [0.25, 0.3) is 0 Å². The van der Waals surface area contributed by atoms with Gasteiger partial charge in [-0.05, 0) is 25.1 Å². The Bertz CT molecular complexity index is 396. The summed E-state index contributed by atoms with van der Waals surface area (Å²) in [7, 11) is 0. The molecule has 0 aliphatic carbocycles. The highest BCUT2D eigenvalue weighted by Crippen LogP contribution is 2.09. The zero-order valence-electron chi connectivity index (χ0n) is 7.33. The predicted molar refractivity (Wildman–Crippen MR) is 50.8 cm³/mol. The van der Waals surface area contributed by atoms with E-state index >= 15 is 0 Å². The number of aromatic nitrogens is 4. The van der Waals surface area contributed by atoms with Gasteiger partial charge < -0.3 is 0 Å². The molecule has 4 heteroatoms. The van der Waals surface area contributed by atoms with Crippen LogP contribution in [0.15, 0.2) is 30.6 Å². The van der Waals surface area contributed by atoms with Crippen molar-refractivity contribution in [2.45, 2.75) is 0 Å². The largest absolute Gasteiger partial charge is 0.235 e. The molecule has 14 heavy (non-hydrogen) atoms. The van der Waals surface area contributed by atoms with Crippen molar-refractivity contribution < 1.29 is 0 Å². The predicted octanol–water partition coefficient (Wildman–Crippen LogP) is 1.20. The Balaban J connectivity index is 2.34. The van der Waals surface area contributed by atoms with E-state index in [2.05, 4.69) is 20.2 Å². The fraction of sp³-hybridized carbons (Fsp3) is 0. The third kappa shape index (κ3) is 1.74. The minimum Gasteiger partial charge on any atom is -0.235 e. The SMILES string of the molecule is [CH][CH]c1ccc(-c2ncccn2)nn1. The highest BCUT2D eigenvalue weighted by atomic mass is 15.1. The Morgan fingerprint density at radius 1 is 1.07 bits per heavy atom. The van der Waals surface area contributed by atoms with Crippen LogP contribution in [0.25, 0.3) is 11.5 Å². The third-order valence-corrected chi connectivity index (χ3v) is 1.65. The molecular weight excluding hydrogens is 176 g/mol. The minimum atomic E-state index is 0.559. The first kappa shape index (κ1) is 8.74. The van der Waals surface area contributed by atoms with Crippen LogP contribution in [0, 0.1) is 13.3 Å². The zero-order valence-corrected chi connectivity index (χ0v) is 7.33. The molecule has 0 saturated heterocycles. The molecule has 2 rings (SSSR count). The van der Waals surface area contributed by atoms with E-state index in [1.54, 1.807) is 30.6 Å². The molecule has 0 amide bonds. The van der Waals surface area contributed by atoms with Gasteiger partial charge in [0.1, 0.15) is 5.69 Å². The molecule has 2 aromatic rings. The second-order valence-corrected chi connectivity index (χ2v) is 2.58. The summed E-state index contributed by atoms with van der Waals surface area (Å²) in [5.74, 6) is 0.559. The molecule has 0 bridgehead atoms. The standard InChI is InChI=1S/C10H7N4/c1-2-8-4-5-9(14-13-8)10-11-6-3-7-12-10/h1-7H. The summed E-state index contributed by atoms with van der Waals surface area (Å²) >= 11 is 0. The molecule has 0 aliphatic heterocycles. The second kappa shape index (κ2) is 3.91. The number of nitrogens with zero attached hydrogens (tertiary/aromatic N) is 4. The van der Waals surface area contributed by atoms with E-state index in [0.717, 1.165) is 0 Å². The Labute approximate surface area is 82.1 Å². The van der Waals surface area contributed by atoms with Crippen LogP contribution in [0.4, 0.5) is 0 Å². The van der Waals surface area contributed by atoms with Crippen molar-refractivity contribution in [2.24, 2.45) is 0 Å². The van der Waals surface area contributed by atoms with Gasteiger partial charge in [0.15, 0.2) is 5.82 Å². The molecule has 0 atom stereocenters. The number of hydrogen-bond donors (Lipinski definition) is 0. The summed E-state index contributed by atoms with van der Waals surface area (Å²) in [5.41, 5.74) is 1.26. The van der Waals surface area contributed by atoms with E-state index in [-0.39, 0.29) is 0 Å². The monoisotopic (exact) mass is 183 g/mol. The highest BCUT2D eigenvalue weighted by molar-refractivity contribution is 5.47. The van der Waals surface area contributed by atoms with E-state index in [9.17, 15) is 0 Å². The van der Waals surface area contributed by atoms with E-state index in [4.69, 9.17) is 6.92 Å². The molecular formula is C10H7N4. The van der Waals surface area contributed by atoms with Crippen LogP contribution in [0.2, 0.25) is 0 Å². The Morgan fingerprint density at radius 3 is 2.43 bits per heavy atom. The molecule has 0 unspecified atom stereocenters. The maximum absolute atomic E-state index is 5.28. The van der Waals surface area contributed by atoms with Crippen LogP contribution >= 0.6 is 0 Å². The average molecular weight is 183 g/mol. The molecule has 0 aliphatic rings. The molecule has 0 aromatic carbocycles. The lowest BCUT2D eigenvalue weighted by molar-refractivity contribution is 0.982. The molecule has 4 nitrogen and oxygen atoms in total. The third-order valence-electron chi connectivity index (χ3n) is 1.65. The van der Waals surface area contributed by atoms with Gasteiger partial charge in [0.2, 0.25) is 0 Å². The summed E-state index contributed by atoms with van der Waals surface area (Å²) in [6.07, 6.45) is 4.71. The average Bonchev–Trinajstić information content (AvgIpc) is 2.30. The highest BCUT2D eigenvalue weighted by Gasteiger charge is 2.01. The first-order chi connectivity index (χ1) is 6.90. The van der Waals surface area contributed by atoms with Crippen molar-refractivity contribution in [2.75, 3.05) is 0 Å². The first-order valence-corrected chi connectivity index (χ1v) is 4.06. The summed E-state index contributed by atoms with van der Waals surface area (Å²) in [4.78, 5) is 8.10. The molecule has 0 N–H and O–H groups in total. The summed E-state index contributed by atoms with van der Waals surface area (Å²) in [6.45, 7) is 5.28. The normalized spacial score (nSPS) is 10.1. The molecule has 0 saturated carbocycles. The van der Waals surface area contributed by atoms with Crippen LogP contribution in [0.3, 0.4) is 0 Å². The van der Waals surface area contributed by atoms with Crippen molar-refractivity contribution in [3.05, 3.63) is 49.6 Å². The van der Waals surface area contributed by atoms with Gasteiger partial charge in [-0.15, -0.1) is 5.10 Å². The van der Waals surface area contributed by atoms with Crippen LogP contribution in [0.5, 0.6) is 0 Å². The molecule has 2 aromatic heterocycles. The first-order valence-electron chi connectivity index (χ1n) is 4.06. The maximum Gasteiger partial charge on any atom is 0.180 e. The van der Waals surface area contributed by atoms with Gasteiger partial charge in [0.05, 0.1) is 5.69 Å². The van der Waals surface area contributed by atoms with Crippen molar-refractivity contribution in [3.63, 3.8) is 0 Å². The second-order valence-electron chi connectivity index (χ2n) is 2.58. The number of hydrogen-bond acceptors (Lipinski definition) is 4. The topological polar surface area (TPSA) is 51.6 Å². The van der Waals surface area contributed by atoms with Crippen LogP contribution in [-0.4, -0.2) is 20.2 Å². The Kier molecular flexibility index (Phi) is 2.44. The van der Waals surface area contributed by atoms with Crippen molar-refractivity contribution in [1.82, 2.24) is 20.2 Å². The van der Waals surface area contributed by atoms with Crippen LogP contribution in [0.1, 0.15) is 5.69 Å². The van der Waals surface area contributed by atoms with Gasteiger partial charge in [-0.3, -0.25) is 0 Å². The van der Waals surface area contributed by atoms with Crippen molar-refractivity contribution in [3.8, 4) is 11.5 Å². The van der Waals surface area contributed by atoms with Gasteiger partial charge in [0, 0.05) is 18.8 Å². The van der Waals surface area contributed by atoms with Crippen LogP contribution < -0.4 is 0 Å². The molecule has 67 valence electrons. The summed E-state index contributed by atoms with van der Waals surface area (Å²) < 4.78 is 0. The van der Waals surface area contributed by atoms with Crippen molar-refractivity contribution in [1.29, 1.82) is 0 Å². The maximum atomic E-state index is 5.28. The minimum absolute atomic E-state index is 0.559. The Morgan fingerprint density at radius 2 is 1.86 bits per heavy atom. The fourth-order valence-electron chi connectivity index (χ4n) is 0.982. The fourth-order valence-corrected chi connectivity index (χ4v) is 0.982. The summed E-state index contributed by atoms with van der Waals surface area (Å²) in [6, 6.07) is 5.29. The lowest BCUT2D eigenvalue weighted by Crippen LogP contribution is -1.94. The van der Waals surface area contributed by atoms with Gasteiger partial charge >= 0.3 is 0 Å². The van der Waals surface area contributed by atoms with Gasteiger partial charge in [-0.1, -0.05) is 0 Å². The van der Waals surface area contributed by atoms with E-state index in [1.807, 2.05) is 0 Å². The Hall–Kier alpha value is -1.84. The summed E-state index contributed by atoms with van der Waals surface area (Å²) in [5, 5.41) is 7.80. The van der Waals surface area contributed by atoms with E-state index in [1.165, 1.54) is 6.42 Å².